The van der Waals surface area contributed by atoms with Crippen molar-refractivity contribution < 1.29 is 13.2 Å². The van der Waals surface area contributed by atoms with Crippen LogP contribution < -0.4 is 15.2 Å². The normalized spacial score (nSPS) is 11.3. The molecule has 0 amide bonds. The molecule has 0 atom stereocenters. The lowest BCUT2D eigenvalue weighted by Gasteiger charge is -2.07. The predicted molar refractivity (Wildman–Crippen MR) is 76.0 cm³/mol. The molecule has 0 spiro atoms. The highest BCUT2D eigenvalue weighted by Gasteiger charge is 2.16. The summed E-state index contributed by atoms with van der Waals surface area (Å²) in [6, 6.07) is 8.25. The first-order chi connectivity index (χ1) is 9.05. The first kappa shape index (κ1) is 13.9. The Balaban J connectivity index is 2.20. The summed E-state index contributed by atoms with van der Waals surface area (Å²) in [6.45, 7) is 0.336. The summed E-state index contributed by atoms with van der Waals surface area (Å²) in [5, 5.41) is 1.58. The molecule has 5 nitrogen and oxygen atoms in total. The molecule has 0 aliphatic heterocycles. The molecule has 0 bridgehead atoms. The van der Waals surface area contributed by atoms with E-state index in [1.54, 1.807) is 42.8 Å². The summed E-state index contributed by atoms with van der Waals surface area (Å²) in [6.07, 6.45) is 0. The van der Waals surface area contributed by atoms with Gasteiger partial charge in [0.1, 0.15) is 5.75 Å². The van der Waals surface area contributed by atoms with Gasteiger partial charge >= 0.3 is 0 Å². The Morgan fingerprint density at radius 3 is 2.53 bits per heavy atom. The van der Waals surface area contributed by atoms with Crippen LogP contribution >= 0.6 is 11.3 Å². The van der Waals surface area contributed by atoms with E-state index < -0.39 is 10.0 Å². The van der Waals surface area contributed by atoms with Crippen molar-refractivity contribution in [1.82, 2.24) is 0 Å². The monoisotopic (exact) mass is 298 g/mol. The van der Waals surface area contributed by atoms with E-state index >= 15 is 0 Å². The van der Waals surface area contributed by atoms with Crippen LogP contribution in [-0.2, 0) is 16.6 Å². The molecule has 1 aromatic heterocycles. The second-order valence-corrected chi connectivity index (χ2v) is 6.47. The fourth-order valence-corrected chi connectivity index (χ4v) is 3.70. The minimum Gasteiger partial charge on any atom is -0.497 e. The molecule has 0 aliphatic carbocycles. The van der Waals surface area contributed by atoms with E-state index in [0.717, 1.165) is 4.88 Å². The van der Waals surface area contributed by atoms with Gasteiger partial charge in [0.05, 0.1) is 12.0 Å². The van der Waals surface area contributed by atoms with E-state index in [4.69, 9.17) is 10.5 Å². The van der Waals surface area contributed by atoms with Crippen LogP contribution in [0.3, 0.4) is 0 Å². The highest BCUT2D eigenvalue weighted by molar-refractivity contribution is 7.92. The first-order valence-electron chi connectivity index (χ1n) is 5.49. The van der Waals surface area contributed by atoms with Gasteiger partial charge in [-0.3, -0.25) is 4.72 Å². The third-order valence-corrected chi connectivity index (χ3v) is 4.95. The Labute approximate surface area is 116 Å². The van der Waals surface area contributed by atoms with Gasteiger partial charge < -0.3 is 10.5 Å². The molecule has 1 aromatic carbocycles. The van der Waals surface area contributed by atoms with Gasteiger partial charge in [0, 0.05) is 22.5 Å². The Bertz CT molecular complexity index is 648. The van der Waals surface area contributed by atoms with Crippen molar-refractivity contribution in [3.8, 4) is 5.75 Å². The van der Waals surface area contributed by atoms with Gasteiger partial charge in [-0.05, 0) is 30.3 Å². The summed E-state index contributed by atoms with van der Waals surface area (Å²) in [5.74, 6) is 0.670. The Kier molecular flexibility index (Phi) is 4.08. The number of ether oxygens (including phenoxy) is 1. The number of hydrogen-bond acceptors (Lipinski definition) is 5. The van der Waals surface area contributed by atoms with Crippen molar-refractivity contribution in [2.75, 3.05) is 11.8 Å². The first-order valence-corrected chi connectivity index (χ1v) is 7.86. The molecule has 0 aliphatic rings. The van der Waals surface area contributed by atoms with Gasteiger partial charge in [0.25, 0.3) is 10.0 Å². The van der Waals surface area contributed by atoms with Crippen LogP contribution in [-0.4, -0.2) is 15.5 Å². The van der Waals surface area contributed by atoms with Crippen molar-refractivity contribution in [2.24, 2.45) is 5.73 Å². The molecule has 2 rings (SSSR count). The quantitative estimate of drug-likeness (QED) is 0.885. The summed E-state index contributed by atoms with van der Waals surface area (Å²) < 4.78 is 31.7. The molecular formula is C12H14N2O3S2. The number of thiophene rings is 1. The lowest BCUT2D eigenvalue weighted by molar-refractivity contribution is 0.415. The molecule has 0 unspecified atom stereocenters. The highest BCUT2D eigenvalue weighted by atomic mass is 32.2. The van der Waals surface area contributed by atoms with Gasteiger partial charge in [-0.2, -0.15) is 0 Å². The van der Waals surface area contributed by atoms with Crippen LogP contribution in [0.15, 0.2) is 40.6 Å². The Morgan fingerprint density at radius 2 is 2.00 bits per heavy atom. The van der Waals surface area contributed by atoms with Crippen molar-refractivity contribution >= 4 is 27.0 Å². The van der Waals surface area contributed by atoms with Crippen molar-refractivity contribution in [3.05, 3.63) is 40.6 Å². The number of sulfonamides is 1. The standard InChI is InChI=1S/C12H14N2O3S2/c1-17-10-4-2-9(3-5-10)14-19(15,16)12-6-11(7-13)18-8-12/h2-6,8,14H,7,13H2,1H3. The molecule has 7 heteroatoms. The lowest BCUT2D eigenvalue weighted by atomic mass is 10.3. The van der Waals surface area contributed by atoms with E-state index in [1.165, 1.54) is 11.3 Å². The second-order valence-electron chi connectivity index (χ2n) is 3.79. The maximum absolute atomic E-state index is 12.1. The topological polar surface area (TPSA) is 81.4 Å². The molecular weight excluding hydrogens is 284 g/mol. The lowest BCUT2D eigenvalue weighted by Crippen LogP contribution is -2.12. The summed E-state index contributed by atoms with van der Waals surface area (Å²) in [5.41, 5.74) is 5.96. The molecule has 0 saturated carbocycles. The Hall–Kier alpha value is -1.57. The molecule has 2 aromatic rings. The molecule has 3 N–H and O–H groups in total. The maximum atomic E-state index is 12.1. The van der Waals surface area contributed by atoms with Crippen LogP contribution in [0.25, 0.3) is 0 Å². The summed E-state index contributed by atoms with van der Waals surface area (Å²) >= 11 is 1.33. The van der Waals surface area contributed by atoms with Crippen LogP contribution in [0.5, 0.6) is 5.75 Å². The SMILES string of the molecule is COc1ccc(NS(=O)(=O)c2csc(CN)c2)cc1. The van der Waals surface area contributed by atoms with E-state index in [9.17, 15) is 8.42 Å². The fourth-order valence-electron chi connectivity index (χ4n) is 1.48. The van der Waals surface area contributed by atoms with Crippen LogP contribution in [0.1, 0.15) is 4.88 Å². The van der Waals surface area contributed by atoms with E-state index in [-0.39, 0.29) is 4.90 Å². The maximum Gasteiger partial charge on any atom is 0.262 e. The molecule has 0 radical (unpaired) electrons. The third kappa shape index (κ3) is 3.25. The average molecular weight is 298 g/mol. The molecule has 102 valence electrons. The van der Waals surface area contributed by atoms with Gasteiger partial charge in [0.15, 0.2) is 0 Å². The number of nitrogens with one attached hydrogen (secondary N) is 1. The minimum atomic E-state index is -3.56. The number of methoxy groups -OCH3 is 1. The minimum absolute atomic E-state index is 0.230. The fraction of sp³-hybridized carbons (Fsp3) is 0.167. The zero-order valence-corrected chi connectivity index (χ0v) is 11.9. The predicted octanol–water partition coefficient (Wildman–Crippen LogP) is 2.02. The molecule has 0 fully saturated rings. The summed E-state index contributed by atoms with van der Waals surface area (Å²) in [4.78, 5) is 1.06. The third-order valence-electron chi connectivity index (χ3n) is 2.48. The van der Waals surface area contributed by atoms with E-state index in [0.29, 0.717) is 18.0 Å². The smallest absolute Gasteiger partial charge is 0.262 e. The van der Waals surface area contributed by atoms with Crippen LogP contribution in [0.4, 0.5) is 5.69 Å². The zero-order chi connectivity index (χ0) is 13.9. The number of anilines is 1. The average Bonchev–Trinajstić information content (AvgIpc) is 2.89. The van der Waals surface area contributed by atoms with Crippen LogP contribution in [0.2, 0.25) is 0 Å². The van der Waals surface area contributed by atoms with Crippen LogP contribution in [0, 0.1) is 0 Å². The van der Waals surface area contributed by atoms with E-state index in [2.05, 4.69) is 4.72 Å². The van der Waals surface area contributed by atoms with Gasteiger partial charge in [0.2, 0.25) is 0 Å². The van der Waals surface area contributed by atoms with Gasteiger partial charge in [-0.15, -0.1) is 11.3 Å². The largest absolute Gasteiger partial charge is 0.497 e. The van der Waals surface area contributed by atoms with Crippen molar-refractivity contribution in [3.63, 3.8) is 0 Å². The van der Waals surface area contributed by atoms with Gasteiger partial charge in [-0.25, -0.2) is 8.42 Å². The van der Waals surface area contributed by atoms with Crippen molar-refractivity contribution in [2.45, 2.75) is 11.4 Å². The van der Waals surface area contributed by atoms with Crippen molar-refractivity contribution in [1.29, 1.82) is 0 Å². The molecule has 0 saturated heterocycles. The van der Waals surface area contributed by atoms with E-state index in [1.807, 2.05) is 0 Å². The van der Waals surface area contributed by atoms with Gasteiger partial charge in [-0.1, -0.05) is 0 Å². The zero-order valence-electron chi connectivity index (χ0n) is 10.3. The number of nitrogens with two attached hydrogens (primary N) is 1. The Morgan fingerprint density at radius 1 is 1.32 bits per heavy atom. The number of rotatable bonds is 5. The molecule has 1 heterocycles. The number of benzene rings is 1. The number of hydrogen-bond donors (Lipinski definition) is 2. The molecule has 19 heavy (non-hydrogen) atoms. The second kappa shape index (κ2) is 5.60. The highest BCUT2D eigenvalue weighted by Crippen LogP contribution is 2.22. The summed E-state index contributed by atoms with van der Waals surface area (Å²) in [7, 11) is -2.00.